The van der Waals surface area contributed by atoms with Crippen molar-refractivity contribution in [3.63, 3.8) is 0 Å². The second-order valence-electron chi connectivity index (χ2n) is 13.4. The van der Waals surface area contributed by atoms with Crippen LogP contribution in [0.5, 0.6) is 11.5 Å². The van der Waals surface area contributed by atoms with Crippen molar-refractivity contribution in [1.29, 1.82) is 5.41 Å². The molecule has 1 saturated heterocycles. The molecule has 0 aliphatic carbocycles. The number of hydrogen-bond donors (Lipinski definition) is 4. The summed E-state index contributed by atoms with van der Waals surface area (Å²) in [6, 6.07) is 12.3. The normalized spacial score (nSPS) is 22.5. The van der Waals surface area contributed by atoms with E-state index in [2.05, 4.69) is 10.6 Å². The Morgan fingerprint density at radius 3 is 2.44 bits per heavy atom. The summed E-state index contributed by atoms with van der Waals surface area (Å²) in [5.74, 6) is 1.03. The van der Waals surface area contributed by atoms with E-state index in [0.717, 1.165) is 24.2 Å². The van der Waals surface area contributed by atoms with Crippen LogP contribution in [0.25, 0.3) is 0 Å². The Labute approximate surface area is 283 Å². The predicted octanol–water partition coefficient (Wildman–Crippen LogP) is 4.23. The number of para-hydroxylation sites is 1. The minimum Gasteiger partial charge on any atom is -0.488 e. The molecular formula is C36H51N5O7. The second-order valence-corrected chi connectivity index (χ2v) is 13.4. The summed E-state index contributed by atoms with van der Waals surface area (Å²) in [6.45, 7) is 11.1. The number of nitrogens with one attached hydrogen (secondary N) is 3. The Hall–Kier alpha value is -3.71. The van der Waals surface area contributed by atoms with Crippen LogP contribution >= 0.6 is 0 Å². The van der Waals surface area contributed by atoms with E-state index in [-0.39, 0.29) is 42.9 Å². The van der Waals surface area contributed by atoms with Crippen molar-refractivity contribution in [3.05, 3.63) is 59.2 Å². The molecule has 12 heteroatoms. The molecule has 0 radical (unpaired) electrons. The first kappa shape index (κ1) is 35.6. The highest BCUT2D eigenvalue weighted by Gasteiger charge is 2.45. The highest BCUT2D eigenvalue weighted by molar-refractivity contribution is 6.00. The first-order valence-corrected chi connectivity index (χ1v) is 17.1. The van der Waals surface area contributed by atoms with E-state index >= 15 is 0 Å². The van der Waals surface area contributed by atoms with Gasteiger partial charge in [0.15, 0.2) is 5.96 Å². The van der Waals surface area contributed by atoms with Gasteiger partial charge >= 0.3 is 0 Å². The molecule has 3 heterocycles. The second kappa shape index (κ2) is 15.7. The lowest BCUT2D eigenvalue weighted by Gasteiger charge is -2.46. The Morgan fingerprint density at radius 1 is 1.02 bits per heavy atom. The lowest BCUT2D eigenvalue weighted by atomic mass is 9.85. The number of fused-ring (bicyclic) bond motifs is 2. The highest BCUT2D eigenvalue weighted by atomic mass is 16.6. The first-order chi connectivity index (χ1) is 23.1. The molecule has 3 aliphatic rings. The number of guanidine groups is 1. The third kappa shape index (κ3) is 8.28. The zero-order chi connectivity index (χ0) is 34.3. The van der Waals surface area contributed by atoms with Crippen molar-refractivity contribution >= 4 is 17.8 Å². The van der Waals surface area contributed by atoms with E-state index in [0.29, 0.717) is 69.3 Å². The zero-order valence-corrected chi connectivity index (χ0v) is 28.6. The predicted molar refractivity (Wildman–Crippen MR) is 181 cm³/mol. The topological polar surface area (TPSA) is 157 Å². The molecule has 2 amide bonds. The van der Waals surface area contributed by atoms with Crippen LogP contribution in [0.15, 0.2) is 42.5 Å². The van der Waals surface area contributed by atoms with E-state index in [1.54, 1.807) is 18.2 Å². The smallest absolute Gasteiger partial charge is 0.251 e. The number of carbonyl (C=O) groups excluding carboxylic acids is 2. The maximum absolute atomic E-state index is 13.8. The van der Waals surface area contributed by atoms with Gasteiger partial charge in [-0.3, -0.25) is 19.9 Å². The van der Waals surface area contributed by atoms with E-state index in [1.807, 2.05) is 52.0 Å². The third-order valence-corrected chi connectivity index (χ3v) is 9.45. The Kier molecular flexibility index (Phi) is 11.6. The summed E-state index contributed by atoms with van der Waals surface area (Å²) >= 11 is 0. The number of rotatable bonds is 15. The Bertz CT molecular complexity index is 1430. The van der Waals surface area contributed by atoms with Crippen molar-refractivity contribution < 1.29 is 33.3 Å². The van der Waals surface area contributed by atoms with E-state index in [4.69, 9.17) is 34.8 Å². The Morgan fingerprint density at radius 2 is 1.73 bits per heavy atom. The van der Waals surface area contributed by atoms with Gasteiger partial charge in [0.1, 0.15) is 23.2 Å². The Balaban J connectivity index is 1.33. The molecule has 0 bridgehead atoms. The van der Waals surface area contributed by atoms with Crippen LogP contribution < -0.4 is 25.8 Å². The van der Waals surface area contributed by atoms with E-state index in [9.17, 15) is 9.59 Å². The molecule has 2 aromatic carbocycles. The average Bonchev–Trinajstić information content (AvgIpc) is 3.06. The fraction of sp³-hybridized carbons (Fsp3) is 0.583. The summed E-state index contributed by atoms with van der Waals surface area (Å²) in [4.78, 5) is 29.1. The minimum atomic E-state index is -0.520. The molecule has 0 saturated carbocycles. The number of carbonyl (C=O) groups is 2. The highest BCUT2D eigenvalue weighted by Crippen LogP contribution is 2.42. The van der Waals surface area contributed by atoms with Gasteiger partial charge in [0.2, 0.25) is 5.91 Å². The molecule has 5 rings (SSSR count). The number of nitrogens with zero attached hydrogens (tertiary/aromatic N) is 1. The fourth-order valence-electron chi connectivity index (χ4n) is 6.78. The molecular weight excluding hydrogens is 614 g/mol. The summed E-state index contributed by atoms with van der Waals surface area (Å²) in [5, 5.41) is 15.5. The van der Waals surface area contributed by atoms with Gasteiger partial charge in [0.05, 0.1) is 58.1 Å². The third-order valence-electron chi connectivity index (χ3n) is 9.45. The zero-order valence-electron chi connectivity index (χ0n) is 28.6. The number of nitrogens with two attached hydrogens (primary N) is 1. The van der Waals surface area contributed by atoms with Crippen LogP contribution in [-0.4, -0.2) is 86.1 Å². The molecule has 0 aromatic heterocycles. The molecule has 12 nitrogen and oxygen atoms in total. The van der Waals surface area contributed by atoms with Crippen molar-refractivity contribution in [2.75, 3.05) is 46.2 Å². The number of amides is 2. The number of ether oxygens (including phenoxy) is 5. The van der Waals surface area contributed by atoms with Crippen molar-refractivity contribution in [3.8, 4) is 11.5 Å². The van der Waals surface area contributed by atoms with Gasteiger partial charge in [0.25, 0.3) is 5.91 Å². The molecule has 3 atom stereocenters. The molecule has 1 fully saturated rings. The van der Waals surface area contributed by atoms with Gasteiger partial charge in [-0.2, -0.15) is 0 Å². The number of benzene rings is 2. The van der Waals surface area contributed by atoms with Gasteiger partial charge in [-0.25, -0.2) is 0 Å². The molecule has 2 aromatic rings. The molecule has 0 unspecified atom stereocenters. The van der Waals surface area contributed by atoms with Crippen LogP contribution in [0, 0.1) is 5.41 Å². The van der Waals surface area contributed by atoms with Crippen molar-refractivity contribution in [2.45, 2.75) is 89.1 Å². The average molecular weight is 666 g/mol. The maximum Gasteiger partial charge on any atom is 0.251 e. The van der Waals surface area contributed by atoms with Crippen LogP contribution in [-0.2, 0) is 19.0 Å². The van der Waals surface area contributed by atoms with Crippen LogP contribution in [0.2, 0.25) is 0 Å². The van der Waals surface area contributed by atoms with Crippen molar-refractivity contribution in [2.24, 2.45) is 5.73 Å². The first-order valence-electron chi connectivity index (χ1n) is 17.1. The van der Waals surface area contributed by atoms with Gasteiger partial charge < -0.3 is 40.1 Å². The van der Waals surface area contributed by atoms with Crippen molar-refractivity contribution in [1.82, 2.24) is 15.5 Å². The lowest BCUT2D eigenvalue weighted by molar-refractivity contribution is -0.133. The van der Waals surface area contributed by atoms with E-state index in [1.165, 1.54) is 4.90 Å². The van der Waals surface area contributed by atoms with Gasteiger partial charge in [0, 0.05) is 41.6 Å². The summed E-state index contributed by atoms with van der Waals surface area (Å²) < 4.78 is 29.3. The minimum absolute atomic E-state index is 0.0635. The van der Waals surface area contributed by atoms with Crippen LogP contribution in [0.1, 0.15) is 93.4 Å². The quantitative estimate of drug-likeness (QED) is 0.204. The lowest BCUT2D eigenvalue weighted by Crippen LogP contribution is -2.63. The summed E-state index contributed by atoms with van der Waals surface area (Å²) in [7, 11) is 0. The molecule has 0 spiro atoms. The fourth-order valence-corrected chi connectivity index (χ4v) is 6.78. The molecule has 262 valence electrons. The van der Waals surface area contributed by atoms with Gasteiger partial charge in [-0.15, -0.1) is 0 Å². The molecule has 48 heavy (non-hydrogen) atoms. The van der Waals surface area contributed by atoms with Gasteiger partial charge in [-0.05, 0) is 51.0 Å². The van der Waals surface area contributed by atoms with Crippen LogP contribution in [0.4, 0.5) is 0 Å². The summed E-state index contributed by atoms with van der Waals surface area (Å²) in [6.07, 6.45) is 2.37. The maximum atomic E-state index is 13.8. The summed E-state index contributed by atoms with van der Waals surface area (Å²) in [5.41, 5.74) is 6.60. The van der Waals surface area contributed by atoms with Crippen LogP contribution in [0.3, 0.4) is 0 Å². The van der Waals surface area contributed by atoms with Gasteiger partial charge in [-0.1, -0.05) is 32.0 Å². The number of hydrogen-bond acceptors (Lipinski definition) is 9. The van der Waals surface area contributed by atoms with E-state index < -0.39 is 17.2 Å². The molecule has 5 N–H and O–H groups in total. The standard InChI is InChI=1S/C36H51N5O7/c1-5-36(6-2)22-32(42)41(34(38)40-36)29-20-25(23-46-18-17-45-16-15-44-14-13-37)47-30-12-11-24(19-27(29)30)33(43)39-28-21-35(3,4)48-31-10-8-7-9-26(28)31/h7-12,19,25,28-29H,5-6,13-18,20-23,37H2,1-4H3,(H2,38,40)(H,39,43)/t25-,28-,29+/m0/s1. The largest absolute Gasteiger partial charge is 0.488 e. The molecule has 3 aliphatic heterocycles. The monoisotopic (exact) mass is 665 g/mol. The SMILES string of the molecule is CCC1(CC)CC(=O)N([C@@H]2C[C@@H](COCCOCCOCCN)Oc3ccc(C(=O)N[C@H]4CC(C)(C)Oc5ccccc54)cc32)C(=N)N1.